The van der Waals surface area contributed by atoms with Crippen molar-refractivity contribution in [3.8, 4) is 6.19 Å². The summed E-state index contributed by atoms with van der Waals surface area (Å²) in [6, 6.07) is 11.4. The van der Waals surface area contributed by atoms with Crippen molar-refractivity contribution in [1.82, 2.24) is 25.2 Å². The fraction of sp³-hybridized carbons (Fsp3) is 0.348. The lowest BCUT2D eigenvalue weighted by Gasteiger charge is -2.44. The van der Waals surface area contributed by atoms with Crippen LogP contribution in [0.1, 0.15) is 21.3 Å². The summed E-state index contributed by atoms with van der Waals surface area (Å²) in [5.41, 5.74) is 7.41. The van der Waals surface area contributed by atoms with Crippen LogP contribution in [0.2, 0.25) is 5.15 Å². The summed E-state index contributed by atoms with van der Waals surface area (Å²) in [7, 11) is 0. The number of hydrogen-bond donors (Lipinski definition) is 2. The first-order chi connectivity index (χ1) is 15.5. The second-order valence-corrected chi connectivity index (χ2v) is 8.26. The molecule has 0 saturated carbocycles. The molecule has 172 valence electrons. The first-order valence-electron chi connectivity index (χ1n) is 10.4. The van der Waals surface area contributed by atoms with Gasteiger partial charge in [0, 0.05) is 37.3 Å². The number of anilines is 2. The summed E-state index contributed by atoms with van der Waals surface area (Å²) in [5.74, 6) is 1.64. The second kappa shape index (κ2) is 10.3. The van der Waals surface area contributed by atoms with Gasteiger partial charge in [-0.1, -0.05) is 38.9 Å². The third-order valence-corrected chi connectivity index (χ3v) is 5.69. The van der Waals surface area contributed by atoms with Crippen molar-refractivity contribution in [1.29, 1.82) is 5.26 Å². The summed E-state index contributed by atoms with van der Waals surface area (Å²) in [5, 5.41) is 13.5. The van der Waals surface area contributed by atoms with E-state index >= 15 is 0 Å². The summed E-state index contributed by atoms with van der Waals surface area (Å²) in [6.45, 7) is 6.27. The average molecular weight is 466 g/mol. The van der Waals surface area contributed by atoms with Crippen molar-refractivity contribution in [2.24, 2.45) is 10.9 Å². The number of pyridine rings is 1. The summed E-state index contributed by atoms with van der Waals surface area (Å²) < 4.78 is 0. The highest BCUT2D eigenvalue weighted by Gasteiger charge is 2.32. The topological polar surface area (TPSA) is 119 Å². The number of nitrogens with two attached hydrogens (primary N) is 1. The molecule has 0 aliphatic carbocycles. The van der Waals surface area contributed by atoms with Crippen molar-refractivity contribution >= 4 is 45.9 Å². The lowest BCUT2D eigenvalue weighted by Crippen LogP contribution is -2.59. The number of nitrogens with one attached hydrogen (secondary N) is 1. The predicted octanol–water partition coefficient (Wildman–Crippen LogP) is 3.80. The van der Waals surface area contributed by atoms with E-state index in [4.69, 9.17) is 22.3 Å². The van der Waals surface area contributed by atoms with E-state index in [9.17, 15) is 5.26 Å². The molecular weight excluding hydrogens is 438 g/mol. The number of halogens is 1. The number of piperazine rings is 1. The highest BCUT2D eigenvalue weighted by atomic mass is 35.5. The Labute approximate surface area is 198 Å². The molecule has 10 heteroatoms. The Morgan fingerprint density at radius 2 is 2.09 bits per heavy atom. The largest absolute Gasteiger partial charge is 0.368 e. The first kappa shape index (κ1) is 24.0. The van der Waals surface area contributed by atoms with Gasteiger partial charge in [0.2, 0.25) is 11.9 Å². The second-order valence-electron chi connectivity index (χ2n) is 7.88. The first-order valence-corrected chi connectivity index (χ1v) is 10.7. The number of nitriles is 1. The van der Waals surface area contributed by atoms with Gasteiger partial charge in [-0.25, -0.2) is 9.98 Å². The normalized spacial score (nSPS) is 16.5. The molecule has 9 nitrogen and oxygen atoms in total. The van der Waals surface area contributed by atoms with Gasteiger partial charge in [0.25, 0.3) is 0 Å². The Balaban J connectivity index is 0.00000306. The molecule has 4 rings (SSSR count). The van der Waals surface area contributed by atoms with Crippen molar-refractivity contribution < 1.29 is 0 Å². The standard InChI is InChI=1S/C22H24ClN9.CH4/c1-14(2)18-12-31(20-11-19(23)29-21(25)30-20)9-10-32(18)22(27-13-24)28-17-7-3-6-16-15(17)5-4-8-26-16;/h3-8,11,14,18H,9-10,12H2,1-2H3,(H,27,28)(H2,25,29,30);1H4/t18-;/m0./s1. The van der Waals surface area contributed by atoms with Gasteiger partial charge in [-0.15, -0.1) is 0 Å². The zero-order valence-electron chi connectivity index (χ0n) is 17.9. The summed E-state index contributed by atoms with van der Waals surface area (Å²) >= 11 is 6.09. The number of hydrogen-bond acceptors (Lipinski definition) is 7. The van der Waals surface area contributed by atoms with Crippen molar-refractivity contribution in [2.45, 2.75) is 27.3 Å². The van der Waals surface area contributed by atoms with E-state index in [-0.39, 0.29) is 25.3 Å². The smallest absolute Gasteiger partial charge is 0.223 e. The van der Waals surface area contributed by atoms with E-state index in [1.807, 2.05) is 36.5 Å². The zero-order valence-corrected chi connectivity index (χ0v) is 18.7. The van der Waals surface area contributed by atoms with Crippen LogP contribution in [0.4, 0.5) is 17.5 Å². The van der Waals surface area contributed by atoms with Crippen LogP contribution in [0.25, 0.3) is 10.9 Å². The molecule has 0 amide bonds. The van der Waals surface area contributed by atoms with Crippen LogP contribution < -0.4 is 16.0 Å². The van der Waals surface area contributed by atoms with E-state index in [1.54, 1.807) is 12.3 Å². The Kier molecular flexibility index (Phi) is 7.51. The summed E-state index contributed by atoms with van der Waals surface area (Å²) in [6.07, 6.45) is 3.80. The molecule has 0 unspecified atom stereocenters. The van der Waals surface area contributed by atoms with E-state index in [0.717, 1.165) is 16.6 Å². The lowest BCUT2D eigenvalue weighted by molar-refractivity contribution is 0.220. The molecule has 2 aromatic heterocycles. The fourth-order valence-corrected chi connectivity index (χ4v) is 4.13. The van der Waals surface area contributed by atoms with Gasteiger partial charge < -0.3 is 15.5 Å². The highest BCUT2D eigenvalue weighted by molar-refractivity contribution is 6.29. The number of benzene rings is 1. The average Bonchev–Trinajstić information content (AvgIpc) is 2.78. The number of nitrogens with zero attached hydrogens (tertiary/aromatic N) is 7. The molecule has 0 spiro atoms. The molecule has 3 N–H and O–H groups in total. The van der Waals surface area contributed by atoms with Crippen LogP contribution in [0.3, 0.4) is 0 Å². The Hall–Kier alpha value is -3.64. The quantitative estimate of drug-likeness (QED) is 0.197. The van der Waals surface area contributed by atoms with Crippen molar-refractivity contribution in [3.63, 3.8) is 0 Å². The van der Waals surface area contributed by atoms with E-state index in [1.165, 1.54) is 0 Å². The number of nitrogen functional groups attached to an aromatic ring is 1. The Bertz CT molecular complexity index is 1160. The molecule has 0 radical (unpaired) electrons. The maximum absolute atomic E-state index is 9.44. The molecule has 1 aliphatic rings. The van der Waals surface area contributed by atoms with Crippen LogP contribution in [0.5, 0.6) is 0 Å². The molecule has 1 fully saturated rings. The third-order valence-electron chi connectivity index (χ3n) is 5.50. The van der Waals surface area contributed by atoms with E-state index in [0.29, 0.717) is 36.6 Å². The number of aliphatic imine (C=N–C) groups is 1. The van der Waals surface area contributed by atoms with Crippen LogP contribution in [-0.4, -0.2) is 51.5 Å². The van der Waals surface area contributed by atoms with E-state index in [2.05, 4.69) is 43.9 Å². The third kappa shape index (κ3) is 5.23. The molecule has 3 heterocycles. The van der Waals surface area contributed by atoms with Gasteiger partial charge in [0.1, 0.15) is 11.0 Å². The number of rotatable bonds is 3. The van der Waals surface area contributed by atoms with Gasteiger partial charge >= 0.3 is 0 Å². The molecule has 1 saturated heterocycles. The Morgan fingerprint density at radius 1 is 1.27 bits per heavy atom. The zero-order chi connectivity index (χ0) is 22.7. The minimum absolute atomic E-state index is 0. The highest BCUT2D eigenvalue weighted by Crippen LogP contribution is 2.27. The molecule has 1 aliphatic heterocycles. The SMILES string of the molecule is C.CC(C)[C@@H]1CN(c2cc(Cl)nc(N)n2)CCN1C(=Nc1cccc2ncccc12)NC#N. The number of aromatic nitrogens is 3. The number of guanidine groups is 1. The molecule has 1 aromatic carbocycles. The molecular formula is C23H28ClN9. The maximum atomic E-state index is 9.44. The van der Waals surface area contributed by atoms with Crippen LogP contribution in [0.15, 0.2) is 47.6 Å². The molecule has 1 atom stereocenters. The molecule has 0 bridgehead atoms. The minimum Gasteiger partial charge on any atom is -0.368 e. The van der Waals surface area contributed by atoms with Gasteiger partial charge in [0.15, 0.2) is 6.19 Å². The minimum atomic E-state index is 0. The van der Waals surface area contributed by atoms with Crippen molar-refractivity contribution in [3.05, 3.63) is 47.7 Å². The predicted molar refractivity (Wildman–Crippen MR) is 133 cm³/mol. The van der Waals surface area contributed by atoms with Gasteiger partial charge in [-0.05, 0) is 30.2 Å². The van der Waals surface area contributed by atoms with Gasteiger partial charge in [-0.2, -0.15) is 10.2 Å². The van der Waals surface area contributed by atoms with Gasteiger partial charge in [0.05, 0.1) is 17.2 Å². The fourth-order valence-electron chi connectivity index (χ4n) is 3.95. The van der Waals surface area contributed by atoms with Gasteiger partial charge in [-0.3, -0.25) is 10.3 Å². The Morgan fingerprint density at radius 3 is 2.82 bits per heavy atom. The lowest BCUT2D eigenvalue weighted by atomic mass is 9.99. The van der Waals surface area contributed by atoms with E-state index < -0.39 is 0 Å². The molecule has 3 aromatic rings. The van der Waals surface area contributed by atoms with Crippen LogP contribution >= 0.6 is 11.6 Å². The maximum Gasteiger partial charge on any atom is 0.223 e. The molecule has 33 heavy (non-hydrogen) atoms. The van der Waals surface area contributed by atoms with Crippen LogP contribution in [-0.2, 0) is 0 Å². The van der Waals surface area contributed by atoms with Crippen LogP contribution in [0, 0.1) is 17.4 Å². The number of fused-ring (bicyclic) bond motifs is 1. The monoisotopic (exact) mass is 465 g/mol. The van der Waals surface area contributed by atoms with Crippen molar-refractivity contribution in [2.75, 3.05) is 30.3 Å². The summed E-state index contributed by atoms with van der Waals surface area (Å²) in [4.78, 5) is 21.8.